The van der Waals surface area contributed by atoms with Crippen LogP contribution in [-0.4, -0.2) is 9.55 Å². The number of hydrogen-bond donors (Lipinski definition) is 1. The lowest BCUT2D eigenvalue weighted by Gasteiger charge is -2.08. The summed E-state index contributed by atoms with van der Waals surface area (Å²) in [6.07, 6.45) is 3.90. The summed E-state index contributed by atoms with van der Waals surface area (Å²) < 4.78 is 20.4. The number of ether oxygens (including phenoxy) is 1. The minimum atomic E-state index is -0.463. The molecule has 0 aliphatic rings. The molecule has 20 heavy (non-hydrogen) atoms. The Hall–Kier alpha value is -2.21. The van der Waals surface area contributed by atoms with E-state index in [1.54, 1.807) is 12.3 Å². The van der Waals surface area contributed by atoms with Crippen LogP contribution in [0.5, 0.6) is 11.6 Å². The van der Waals surface area contributed by atoms with Crippen LogP contribution in [0.3, 0.4) is 0 Å². The van der Waals surface area contributed by atoms with Crippen molar-refractivity contribution < 1.29 is 9.13 Å². The zero-order valence-electron chi connectivity index (χ0n) is 11.2. The first-order valence-corrected chi connectivity index (χ1v) is 6.37. The van der Waals surface area contributed by atoms with Gasteiger partial charge < -0.3 is 15.0 Å². The molecule has 6 heteroatoms. The molecule has 1 aromatic heterocycles. The summed E-state index contributed by atoms with van der Waals surface area (Å²) in [7, 11) is 0. The largest absolute Gasteiger partial charge is 0.435 e. The Labute approximate surface area is 115 Å². The van der Waals surface area contributed by atoms with Crippen LogP contribution in [0.2, 0.25) is 0 Å². The number of hydrogen-bond acceptors (Lipinski definition) is 4. The molecule has 106 valence electrons. The van der Waals surface area contributed by atoms with E-state index in [4.69, 9.17) is 10.5 Å². The van der Waals surface area contributed by atoms with E-state index in [-0.39, 0.29) is 23.7 Å². The maximum absolute atomic E-state index is 13.6. The summed E-state index contributed by atoms with van der Waals surface area (Å²) in [5.74, 6) is -0.311. The third kappa shape index (κ3) is 3.03. The van der Waals surface area contributed by atoms with Gasteiger partial charge in [-0.05, 0) is 12.5 Å². The van der Waals surface area contributed by atoms with Gasteiger partial charge >= 0.3 is 5.56 Å². The molecule has 0 atom stereocenters. The molecule has 1 aromatic carbocycles. The van der Waals surface area contributed by atoms with Crippen molar-refractivity contribution in [3.63, 3.8) is 0 Å². The average Bonchev–Trinajstić information content (AvgIpc) is 2.44. The van der Waals surface area contributed by atoms with E-state index in [1.165, 1.54) is 22.9 Å². The summed E-state index contributed by atoms with van der Waals surface area (Å²) >= 11 is 0. The lowest BCUT2D eigenvalue weighted by Crippen LogP contribution is -2.21. The number of nitrogens with two attached hydrogens (primary N) is 1. The molecule has 5 nitrogen and oxygen atoms in total. The van der Waals surface area contributed by atoms with Crippen molar-refractivity contribution in [1.82, 2.24) is 9.55 Å². The Morgan fingerprint density at radius 3 is 2.90 bits per heavy atom. The average molecular weight is 277 g/mol. The highest BCUT2D eigenvalue weighted by molar-refractivity contribution is 5.31. The minimum Gasteiger partial charge on any atom is -0.435 e. The SMILES string of the molecule is CCCn1ccnc(Oc2ccc(CN)c(F)c2)c1=O. The zero-order valence-corrected chi connectivity index (χ0v) is 11.2. The molecule has 2 aromatic rings. The van der Waals surface area contributed by atoms with Crippen LogP contribution in [0.4, 0.5) is 4.39 Å². The molecule has 0 amide bonds. The molecule has 0 saturated carbocycles. The van der Waals surface area contributed by atoms with Gasteiger partial charge in [-0.3, -0.25) is 4.79 Å². The molecule has 0 aliphatic heterocycles. The summed E-state index contributed by atoms with van der Waals surface area (Å²) in [5, 5.41) is 0. The summed E-state index contributed by atoms with van der Waals surface area (Å²) in [6.45, 7) is 2.66. The standard InChI is InChI=1S/C14H16FN3O2/c1-2-6-18-7-5-17-13(14(18)19)20-11-4-3-10(9-16)12(15)8-11/h3-5,7-8H,2,6,9,16H2,1H3. The topological polar surface area (TPSA) is 70.1 Å². The second kappa shape index (κ2) is 6.29. The highest BCUT2D eigenvalue weighted by Crippen LogP contribution is 2.19. The molecule has 0 aliphatic carbocycles. The molecule has 0 bridgehead atoms. The molecule has 0 saturated heterocycles. The van der Waals surface area contributed by atoms with Crippen LogP contribution in [0.15, 0.2) is 35.4 Å². The number of benzene rings is 1. The van der Waals surface area contributed by atoms with Gasteiger partial charge in [0, 0.05) is 37.1 Å². The molecule has 2 rings (SSSR count). The maximum atomic E-state index is 13.6. The minimum absolute atomic E-state index is 0.0687. The van der Waals surface area contributed by atoms with Crippen molar-refractivity contribution in [2.45, 2.75) is 26.4 Å². The van der Waals surface area contributed by atoms with Gasteiger partial charge in [0.2, 0.25) is 0 Å². The van der Waals surface area contributed by atoms with Crippen LogP contribution < -0.4 is 16.0 Å². The lowest BCUT2D eigenvalue weighted by molar-refractivity contribution is 0.439. The van der Waals surface area contributed by atoms with Crippen molar-refractivity contribution >= 4 is 0 Å². The first kappa shape index (κ1) is 14.2. The second-order valence-electron chi connectivity index (χ2n) is 4.29. The summed E-state index contributed by atoms with van der Waals surface area (Å²) in [6, 6.07) is 4.28. The van der Waals surface area contributed by atoms with Gasteiger partial charge in [0.1, 0.15) is 11.6 Å². The van der Waals surface area contributed by atoms with E-state index in [0.717, 1.165) is 6.42 Å². The molecule has 1 heterocycles. The summed E-state index contributed by atoms with van der Waals surface area (Å²) in [5.41, 5.74) is 5.44. The van der Waals surface area contributed by atoms with E-state index in [2.05, 4.69) is 4.98 Å². The zero-order chi connectivity index (χ0) is 14.5. The quantitative estimate of drug-likeness (QED) is 0.908. The van der Waals surface area contributed by atoms with E-state index in [0.29, 0.717) is 12.1 Å². The normalized spacial score (nSPS) is 10.6. The van der Waals surface area contributed by atoms with Crippen molar-refractivity contribution in [2.75, 3.05) is 0 Å². The van der Waals surface area contributed by atoms with Gasteiger partial charge in [-0.2, -0.15) is 0 Å². The number of aryl methyl sites for hydroxylation is 1. The monoisotopic (exact) mass is 277 g/mol. The number of halogens is 1. The first-order chi connectivity index (χ1) is 9.65. The van der Waals surface area contributed by atoms with Gasteiger partial charge in [-0.1, -0.05) is 13.0 Å². The Bertz CT molecular complexity index is 655. The van der Waals surface area contributed by atoms with Crippen LogP contribution in [0.25, 0.3) is 0 Å². The van der Waals surface area contributed by atoms with Crippen LogP contribution in [0.1, 0.15) is 18.9 Å². The van der Waals surface area contributed by atoms with Crippen molar-refractivity contribution in [2.24, 2.45) is 5.73 Å². The highest BCUT2D eigenvalue weighted by Gasteiger charge is 2.09. The van der Waals surface area contributed by atoms with Crippen molar-refractivity contribution in [3.05, 3.63) is 52.3 Å². The van der Waals surface area contributed by atoms with Crippen LogP contribution in [-0.2, 0) is 13.1 Å². The predicted octanol–water partition coefficient (Wildman–Crippen LogP) is 2.04. The fraction of sp³-hybridized carbons (Fsp3) is 0.286. The maximum Gasteiger partial charge on any atom is 0.313 e. The van der Waals surface area contributed by atoms with Gasteiger partial charge in [0.15, 0.2) is 0 Å². The Kier molecular flexibility index (Phi) is 4.47. The molecular formula is C14H16FN3O2. The van der Waals surface area contributed by atoms with Gasteiger partial charge in [0.05, 0.1) is 0 Å². The van der Waals surface area contributed by atoms with Crippen LogP contribution >= 0.6 is 0 Å². The predicted molar refractivity (Wildman–Crippen MR) is 73.2 cm³/mol. The number of nitrogens with zero attached hydrogens (tertiary/aromatic N) is 2. The van der Waals surface area contributed by atoms with E-state index < -0.39 is 5.82 Å². The number of rotatable bonds is 5. The van der Waals surface area contributed by atoms with E-state index >= 15 is 0 Å². The molecule has 0 spiro atoms. The van der Waals surface area contributed by atoms with Crippen molar-refractivity contribution in [1.29, 1.82) is 0 Å². The van der Waals surface area contributed by atoms with Gasteiger partial charge in [-0.25, -0.2) is 9.37 Å². The summed E-state index contributed by atoms with van der Waals surface area (Å²) in [4.78, 5) is 15.9. The smallest absolute Gasteiger partial charge is 0.313 e. The highest BCUT2D eigenvalue weighted by atomic mass is 19.1. The first-order valence-electron chi connectivity index (χ1n) is 6.37. The van der Waals surface area contributed by atoms with E-state index in [1.807, 2.05) is 6.92 Å². The lowest BCUT2D eigenvalue weighted by atomic mass is 10.2. The Morgan fingerprint density at radius 2 is 2.25 bits per heavy atom. The molecular weight excluding hydrogens is 261 g/mol. The third-order valence-corrected chi connectivity index (χ3v) is 2.81. The van der Waals surface area contributed by atoms with Gasteiger partial charge in [-0.15, -0.1) is 0 Å². The second-order valence-corrected chi connectivity index (χ2v) is 4.29. The molecule has 2 N–H and O–H groups in total. The van der Waals surface area contributed by atoms with Crippen molar-refractivity contribution in [3.8, 4) is 11.6 Å². The molecule has 0 radical (unpaired) electrons. The fourth-order valence-electron chi connectivity index (χ4n) is 1.78. The fourth-order valence-corrected chi connectivity index (χ4v) is 1.78. The van der Waals surface area contributed by atoms with Gasteiger partial charge in [0.25, 0.3) is 5.88 Å². The van der Waals surface area contributed by atoms with E-state index in [9.17, 15) is 9.18 Å². The molecule has 0 fully saturated rings. The Balaban J connectivity index is 2.28. The Morgan fingerprint density at radius 1 is 1.45 bits per heavy atom. The van der Waals surface area contributed by atoms with Crippen LogP contribution in [0, 0.1) is 5.82 Å². The number of aromatic nitrogens is 2. The molecule has 0 unspecified atom stereocenters. The third-order valence-electron chi connectivity index (χ3n) is 2.81.